The molecule has 4 nitrogen and oxygen atoms in total. The third-order valence-electron chi connectivity index (χ3n) is 9.18. The summed E-state index contributed by atoms with van der Waals surface area (Å²) in [6.07, 6.45) is 15.4. The minimum absolute atomic E-state index is 0.0147. The molecule has 1 atom stereocenters. The molecular weight excluding hydrogens is 599 g/mol. The van der Waals surface area contributed by atoms with Crippen LogP contribution in [0.5, 0.6) is 11.5 Å². The van der Waals surface area contributed by atoms with Crippen molar-refractivity contribution in [3.63, 3.8) is 0 Å². The van der Waals surface area contributed by atoms with E-state index >= 15 is 0 Å². The van der Waals surface area contributed by atoms with Crippen LogP contribution in [0, 0.1) is 0 Å². The van der Waals surface area contributed by atoms with E-state index in [1.54, 1.807) is 0 Å². The smallest absolute Gasteiger partial charge is 0.150 e. The van der Waals surface area contributed by atoms with Crippen molar-refractivity contribution < 1.29 is 4.74 Å². The number of hydrogen-bond donors (Lipinski definition) is 3. The number of nitrogens with one attached hydrogen (secondary N) is 3. The zero-order valence-electron chi connectivity index (χ0n) is 28.0. The largest absolute Gasteiger partial charge is 0.455 e. The summed E-state index contributed by atoms with van der Waals surface area (Å²) in [6, 6.07) is 41.9. The Morgan fingerprint density at radius 1 is 0.755 bits per heavy atom. The Bertz CT molecular complexity index is 2080. The second-order valence-electron chi connectivity index (χ2n) is 12.9. The lowest BCUT2D eigenvalue weighted by Gasteiger charge is -2.22. The summed E-state index contributed by atoms with van der Waals surface area (Å²) < 4.78 is 6.10. The van der Waals surface area contributed by atoms with Gasteiger partial charge >= 0.3 is 0 Å². The van der Waals surface area contributed by atoms with Crippen LogP contribution in [0.25, 0.3) is 16.7 Å². The van der Waals surface area contributed by atoms with Gasteiger partial charge in [-0.25, -0.2) is 0 Å². The van der Waals surface area contributed by atoms with Crippen LogP contribution in [0.3, 0.4) is 0 Å². The van der Waals surface area contributed by atoms with Crippen molar-refractivity contribution >= 4 is 22.6 Å². The van der Waals surface area contributed by atoms with E-state index in [1.165, 1.54) is 22.3 Å². The Hall–Kier alpha value is -6.00. The maximum atomic E-state index is 6.10. The predicted octanol–water partition coefficient (Wildman–Crippen LogP) is 11.5. The SMILES string of the molecule is C=C(/C=C\C=C/NC1C=CC(Nc2ccccc2Oc2ccccc2)=CC1)c1ccc(Nc2ccc3c(c2)C(C)(C)c2ccccc2-3)cc1. The quantitative estimate of drug-likeness (QED) is 0.126. The molecule has 0 saturated heterocycles. The van der Waals surface area contributed by atoms with Gasteiger partial charge < -0.3 is 20.7 Å². The fourth-order valence-corrected chi connectivity index (χ4v) is 6.49. The molecule has 0 aliphatic heterocycles. The van der Waals surface area contributed by atoms with Gasteiger partial charge in [0.15, 0.2) is 5.75 Å². The normalized spacial score (nSPS) is 15.8. The van der Waals surface area contributed by atoms with Crippen LogP contribution >= 0.6 is 0 Å². The van der Waals surface area contributed by atoms with Crippen LogP contribution in [0.2, 0.25) is 0 Å². The van der Waals surface area contributed by atoms with Gasteiger partial charge in [-0.05, 0) is 107 Å². The van der Waals surface area contributed by atoms with Gasteiger partial charge in [-0.2, -0.15) is 0 Å². The molecule has 0 spiro atoms. The van der Waals surface area contributed by atoms with E-state index in [2.05, 4.69) is 121 Å². The Morgan fingerprint density at radius 2 is 1.49 bits per heavy atom. The highest BCUT2D eigenvalue weighted by Gasteiger charge is 2.35. The average molecular weight is 640 g/mol. The second kappa shape index (κ2) is 14.0. The first kappa shape index (κ1) is 31.6. The number of benzene rings is 5. The highest BCUT2D eigenvalue weighted by molar-refractivity contribution is 5.83. The average Bonchev–Trinajstić information content (AvgIpc) is 3.36. The summed E-state index contributed by atoms with van der Waals surface area (Å²) in [4.78, 5) is 0. The third kappa shape index (κ3) is 7.14. The van der Waals surface area contributed by atoms with Crippen molar-refractivity contribution in [2.45, 2.75) is 31.7 Å². The summed E-state index contributed by atoms with van der Waals surface area (Å²) in [5.74, 6) is 1.60. The Morgan fingerprint density at radius 3 is 2.31 bits per heavy atom. The van der Waals surface area contributed by atoms with Crippen LogP contribution in [0.4, 0.5) is 17.1 Å². The van der Waals surface area contributed by atoms with E-state index < -0.39 is 0 Å². The fraction of sp³-hybridized carbons (Fsp3) is 0.111. The van der Waals surface area contributed by atoms with Crippen molar-refractivity contribution in [3.05, 3.63) is 193 Å². The summed E-state index contributed by atoms with van der Waals surface area (Å²) in [6.45, 7) is 8.90. The van der Waals surface area contributed by atoms with Gasteiger partial charge in [-0.15, -0.1) is 0 Å². The monoisotopic (exact) mass is 639 g/mol. The molecule has 3 N–H and O–H groups in total. The minimum Gasteiger partial charge on any atom is -0.455 e. The van der Waals surface area contributed by atoms with E-state index in [1.807, 2.05) is 79.0 Å². The first-order valence-electron chi connectivity index (χ1n) is 16.8. The molecular formula is C45H41N3O. The lowest BCUT2D eigenvalue weighted by Crippen LogP contribution is -2.23. The molecule has 5 aromatic rings. The standard InChI is InChI=1S/C45H41N3O/c1-32(33-20-22-35(23-21-33)47-37-28-29-40-39-16-7-8-17-41(39)45(2,3)42(40)31-37)13-11-12-30-46-34-24-26-36(27-25-34)48-43-18-9-10-19-44(43)49-38-14-5-4-6-15-38/h4-24,26-31,34,46-48H,1,25H2,2-3H3/b13-11-,30-12-. The first-order chi connectivity index (χ1) is 23.9. The number of para-hydroxylation sites is 3. The van der Waals surface area contributed by atoms with Gasteiger partial charge in [-0.3, -0.25) is 0 Å². The number of hydrogen-bond acceptors (Lipinski definition) is 4. The molecule has 242 valence electrons. The van der Waals surface area contributed by atoms with Crippen LogP contribution in [-0.2, 0) is 5.41 Å². The van der Waals surface area contributed by atoms with Crippen molar-refractivity contribution in [1.29, 1.82) is 0 Å². The zero-order chi connectivity index (χ0) is 33.6. The van der Waals surface area contributed by atoms with E-state index in [0.29, 0.717) is 0 Å². The molecule has 2 aliphatic carbocycles. The number of fused-ring (bicyclic) bond motifs is 3. The van der Waals surface area contributed by atoms with Gasteiger partial charge in [0.05, 0.1) is 5.69 Å². The molecule has 0 fully saturated rings. The van der Waals surface area contributed by atoms with Crippen molar-refractivity contribution in [1.82, 2.24) is 5.32 Å². The number of allylic oxidation sites excluding steroid dienone is 5. The molecule has 49 heavy (non-hydrogen) atoms. The molecule has 2 aliphatic rings. The van der Waals surface area contributed by atoms with Gasteiger partial charge in [-0.1, -0.05) is 118 Å². The van der Waals surface area contributed by atoms with Gasteiger partial charge in [0.1, 0.15) is 5.75 Å². The van der Waals surface area contributed by atoms with Crippen molar-refractivity contribution in [3.8, 4) is 22.6 Å². The molecule has 1 unspecified atom stereocenters. The Kier molecular flexibility index (Phi) is 9.03. The van der Waals surface area contributed by atoms with Gasteiger partial charge in [0.25, 0.3) is 0 Å². The van der Waals surface area contributed by atoms with Crippen LogP contribution < -0.4 is 20.7 Å². The highest BCUT2D eigenvalue weighted by Crippen LogP contribution is 2.49. The lowest BCUT2D eigenvalue weighted by atomic mass is 9.82. The zero-order valence-corrected chi connectivity index (χ0v) is 28.0. The molecule has 7 rings (SSSR count). The molecule has 0 radical (unpaired) electrons. The topological polar surface area (TPSA) is 45.3 Å². The van der Waals surface area contributed by atoms with Crippen molar-refractivity contribution in [2.24, 2.45) is 0 Å². The van der Waals surface area contributed by atoms with E-state index in [4.69, 9.17) is 4.74 Å². The van der Waals surface area contributed by atoms with Crippen LogP contribution in [0.15, 0.2) is 176 Å². The molecule has 4 heteroatoms. The fourth-order valence-electron chi connectivity index (χ4n) is 6.49. The summed E-state index contributed by atoms with van der Waals surface area (Å²) in [7, 11) is 0. The van der Waals surface area contributed by atoms with E-state index in [0.717, 1.165) is 51.8 Å². The number of ether oxygens (including phenoxy) is 1. The Balaban J connectivity index is 0.882. The maximum absolute atomic E-state index is 6.10. The van der Waals surface area contributed by atoms with Crippen molar-refractivity contribution in [2.75, 3.05) is 10.6 Å². The summed E-state index contributed by atoms with van der Waals surface area (Å²) >= 11 is 0. The number of anilines is 3. The van der Waals surface area contributed by atoms with E-state index in [-0.39, 0.29) is 11.5 Å². The lowest BCUT2D eigenvalue weighted by molar-refractivity contribution is 0.485. The highest BCUT2D eigenvalue weighted by atomic mass is 16.5. The second-order valence-corrected chi connectivity index (χ2v) is 12.9. The maximum Gasteiger partial charge on any atom is 0.150 e. The molecule has 0 aromatic heterocycles. The minimum atomic E-state index is -0.0147. The Labute approximate surface area is 289 Å². The molecule has 0 heterocycles. The molecule has 0 amide bonds. The molecule has 0 bridgehead atoms. The molecule has 5 aromatic carbocycles. The third-order valence-corrected chi connectivity index (χ3v) is 9.18. The van der Waals surface area contributed by atoms with Gasteiger partial charge in [0, 0.05) is 28.5 Å². The van der Waals surface area contributed by atoms with E-state index in [9.17, 15) is 0 Å². The van der Waals surface area contributed by atoms with Crippen LogP contribution in [-0.4, -0.2) is 6.04 Å². The number of rotatable bonds is 11. The van der Waals surface area contributed by atoms with Gasteiger partial charge in [0.2, 0.25) is 0 Å². The predicted molar refractivity (Wildman–Crippen MR) is 206 cm³/mol. The summed E-state index contributed by atoms with van der Waals surface area (Å²) in [5.41, 5.74) is 11.6. The summed E-state index contributed by atoms with van der Waals surface area (Å²) in [5, 5.41) is 10.6. The first-order valence-corrected chi connectivity index (χ1v) is 16.8. The van der Waals surface area contributed by atoms with Crippen LogP contribution in [0.1, 0.15) is 37.0 Å². The molecule has 0 saturated carbocycles.